The highest BCUT2D eigenvalue weighted by atomic mass is 19.4. The Morgan fingerprint density at radius 2 is 1.60 bits per heavy atom. The lowest BCUT2D eigenvalue weighted by molar-refractivity contribution is -0.275. The number of hydrogen-bond donors (Lipinski definition) is 1. The molecule has 0 bridgehead atoms. The molecular formula is C14H12F3NO2. The van der Waals surface area contributed by atoms with Gasteiger partial charge >= 0.3 is 6.36 Å². The molecule has 0 amide bonds. The van der Waals surface area contributed by atoms with Gasteiger partial charge in [-0.15, -0.1) is 13.2 Å². The van der Waals surface area contributed by atoms with Crippen LogP contribution in [-0.4, -0.2) is 6.36 Å². The third kappa shape index (κ3) is 3.57. The standard InChI is InChI=1S/C14H12F3NO2/c1-9-8-10(18)6-7-11(9)19-12-4-2-3-5-13(12)20-14(15,16)17/h2-8H,18H2,1H3. The molecule has 0 unspecified atom stereocenters. The molecule has 106 valence electrons. The van der Waals surface area contributed by atoms with E-state index in [0.717, 1.165) is 0 Å². The van der Waals surface area contributed by atoms with Crippen LogP contribution in [0, 0.1) is 6.92 Å². The third-order valence-electron chi connectivity index (χ3n) is 2.49. The van der Waals surface area contributed by atoms with Crippen LogP contribution in [0.15, 0.2) is 42.5 Å². The average molecular weight is 283 g/mol. The number of aryl methyl sites for hydroxylation is 1. The Kier molecular flexibility index (Phi) is 3.74. The lowest BCUT2D eigenvalue weighted by Crippen LogP contribution is -2.17. The minimum atomic E-state index is -4.77. The highest BCUT2D eigenvalue weighted by Crippen LogP contribution is 2.36. The molecule has 0 atom stereocenters. The predicted octanol–water partition coefficient (Wildman–Crippen LogP) is 4.27. The number of rotatable bonds is 3. The first-order valence-electron chi connectivity index (χ1n) is 5.74. The first-order valence-corrected chi connectivity index (χ1v) is 5.74. The van der Waals surface area contributed by atoms with E-state index in [1.165, 1.54) is 18.2 Å². The van der Waals surface area contributed by atoms with Crippen LogP contribution in [0.3, 0.4) is 0 Å². The van der Waals surface area contributed by atoms with Crippen LogP contribution < -0.4 is 15.2 Å². The molecular weight excluding hydrogens is 271 g/mol. The van der Waals surface area contributed by atoms with Gasteiger partial charge in [-0.1, -0.05) is 12.1 Å². The van der Waals surface area contributed by atoms with E-state index in [4.69, 9.17) is 10.5 Å². The van der Waals surface area contributed by atoms with Gasteiger partial charge in [0.15, 0.2) is 11.5 Å². The zero-order valence-electron chi connectivity index (χ0n) is 10.6. The summed E-state index contributed by atoms with van der Waals surface area (Å²) in [4.78, 5) is 0. The summed E-state index contributed by atoms with van der Waals surface area (Å²) in [6.07, 6.45) is -4.77. The van der Waals surface area contributed by atoms with E-state index >= 15 is 0 Å². The third-order valence-corrected chi connectivity index (χ3v) is 2.49. The van der Waals surface area contributed by atoms with Crippen LogP contribution in [-0.2, 0) is 0 Å². The molecule has 20 heavy (non-hydrogen) atoms. The van der Waals surface area contributed by atoms with Crippen LogP contribution >= 0.6 is 0 Å². The SMILES string of the molecule is Cc1cc(N)ccc1Oc1ccccc1OC(F)(F)F. The van der Waals surface area contributed by atoms with Crippen molar-refractivity contribution in [1.82, 2.24) is 0 Å². The Bertz CT molecular complexity index is 612. The Labute approximate surface area is 113 Å². The molecule has 0 aliphatic rings. The van der Waals surface area contributed by atoms with E-state index in [1.807, 2.05) is 0 Å². The van der Waals surface area contributed by atoms with Crippen LogP contribution in [0.1, 0.15) is 5.56 Å². The van der Waals surface area contributed by atoms with Gasteiger partial charge in [-0.05, 0) is 42.8 Å². The first-order chi connectivity index (χ1) is 9.35. The van der Waals surface area contributed by atoms with E-state index in [0.29, 0.717) is 17.0 Å². The summed E-state index contributed by atoms with van der Waals surface area (Å²) in [5, 5.41) is 0. The number of anilines is 1. The van der Waals surface area contributed by atoms with E-state index in [2.05, 4.69) is 4.74 Å². The smallest absolute Gasteiger partial charge is 0.453 e. The minimum Gasteiger partial charge on any atom is -0.453 e. The normalized spacial score (nSPS) is 11.2. The lowest BCUT2D eigenvalue weighted by Gasteiger charge is -2.14. The summed E-state index contributed by atoms with van der Waals surface area (Å²) in [6, 6.07) is 10.5. The average Bonchev–Trinajstić information content (AvgIpc) is 2.33. The van der Waals surface area contributed by atoms with Crippen molar-refractivity contribution < 1.29 is 22.6 Å². The highest BCUT2D eigenvalue weighted by Gasteiger charge is 2.32. The molecule has 3 nitrogen and oxygen atoms in total. The number of nitrogen functional groups attached to an aromatic ring is 1. The number of ether oxygens (including phenoxy) is 2. The molecule has 0 radical (unpaired) electrons. The molecule has 0 saturated heterocycles. The molecule has 2 aromatic rings. The Hall–Kier alpha value is -2.37. The van der Waals surface area contributed by atoms with Crippen molar-refractivity contribution in [2.45, 2.75) is 13.3 Å². The van der Waals surface area contributed by atoms with Gasteiger partial charge in [0.2, 0.25) is 0 Å². The Morgan fingerprint density at radius 1 is 0.950 bits per heavy atom. The lowest BCUT2D eigenvalue weighted by atomic mass is 10.2. The quantitative estimate of drug-likeness (QED) is 0.856. The van der Waals surface area contributed by atoms with Gasteiger partial charge < -0.3 is 15.2 Å². The summed E-state index contributed by atoms with van der Waals surface area (Å²) < 4.78 is 46.3. The number of para-hydroxylation sites is 2. The minimum absolute atomic E-state index is 0.0160. The number of nitrogens with two attached hydrogens (primary N) is 1. The second-order valence-electron chi connectivity index (χ2n) is 4.12. The van der Waals surface area contributed by atoms with E-state index < -0.39 is 12.1 Å². The molecule has 2 aromatic carbocycles. The van der Waals surface area contributed by atoms with Gasteiger partial charge in [0.1, 0.15) is 5.75 Å². The largest absolute Gasteiger partial charge is 0.573 e. The summed E-state index contributed by atoms with van der Waals surface area (Å²) in [5.41, 5.74) is 6.87. The molecule has 0 aliphatic heterocycles. The fourth-order valence-electron chi connectivity index (χ4n) is 1.65. The van der Waals surface area contributed by atoms with Crippen molar-refractivity contribution in [3.8, 4) is 17.2 Å². The molecule has 0 fully saturated rings. The van der Waals surface area contributed by atoms with E-state index in [9.17, 15) is 13.2 Å². The predicted molar refractivity (Wildman–Crippen MR) is 68.8 cm³/mol. The van der Waals surface area contributed by atoms with Crippen LogP contribution in [0.4, 0.5) is 18.9 Å². The van der Waals surface area contributed by atoms with Crippen LogP contribution in [0.25, 0.3) is 0 Å². The van der Waals surface area contributed by atoms with Crippen molar-refractivity contribution in [2.75, 3.05) is 5.73 Å². The number of halogens is 3. The fraction of sp³-hybridized carbons (Fsp3) is 0.143. The van der Waals surface area contributed by atoms with Crippen molar-refractivity contribution in [1.29, 1.82) is 0 Å². The van der Waals surface area contributed by atoms with Crippen molar-refractivity contribution >= 4 is 5.69 Å². The maximum absolute atomic E-state index is 12.3. The topological polar surface area (TPSA) is 44.5 Å². The van der Waals surface area contributed by atoms with Crippen molar-refractivity contribution in [3.05, 3.63) is 48.0 Å². The van der Waals surface area contributed by atoms with E-state index in [-0.39, 0.29) is 5.75 Å². The zero-order valence-corrected chi connectivity index (χ0v) is 10.6. The second kappa shape index (κ2) is 5.32. The molecule has 6 heteroatoms. The number of benzene rings is 2. The van der Waals surface area contributed by atoms with E-state index in [1.54, 1.807) is 31.2 Å². The van der Waals surface area contributed by atoms with Crippen LogP contribution in [0.5, 0.6) is 17.2 Å². The highest BCUT2D eigenvalue weighted by molar-refractivity contribution is 5.50. The number of alkyl halides is 3. The summed E-state index contributed by atoms with van der Waals surface area (Å²) in [5.74, 6) is 0.00588. The maximum Gasteiger partial charge on any atom is 0.573 e. The summed E-state index contributed by atoms with van der Waals surface area (Å²) in [6.45, 7) is 1.75. The Balaban J connectivity index is 2.29. The molecule has 0 aliphatic carbocycles. The van der Waals surface area contributed by atoms with Gasteiger partial charge in [0.05, 0.1) is 0 Å². The zero-order chi connectivity index (χ0) is 14.8. The molecule has 0 spiro atoms. The van der Waals surface area contributed by atoms with Crippen molar-refractivity contribution in [2.24, 2.45) is 0 Å². The summed E-state index contributed by atoms with van der Waals surface area (Å²) >= 11 is 0. The molecule has 2 N–H and O–H groups in total. The van der Waals surface area contributed by atoms with Gasteiger partial charge in [-0.3, -0.25) is 0 Å². The van der Waals surface area contributed by atoms with Gasteiger partial charge in [-0.2, -0.15) is 0 Å². The first kappa shape index (κ1) is 14.0. The Morgan fingerprint density at radius 3 is 2.20 bits per heavy atom. The second-order valence-corrected chi connectivity index (χ2v) is 4.12. The van der Waals surface area contributed by atoms with Gasteiger partial charge in [0.25, 0.3) is 0 Å². The van der Waals surface area contributed by atoms with Crippen LogP contribution in [0.2, 0.25) is 0 Å². The molecule has 0 heterocycles. The maximum atomic E-state index is 12.3. The number of hydrogen-bond acceptors (Lipinski definition) is 3. The molecule has 0 saturated carbocycles. The molecule has 0 aromatic heterocycles. The fourth-order valence-corrected chi connectivity index (χ4v) is 1.65. The summed E-state index contributed by atoms with van der Waals surface area (Å²) in [7, 11) is 0. The van der Waals surface area contributed by atoms with Crippen molar-refractivity contribution in [3.63, 3.8) is 0 Å². The van der Waals surface area contributed by atoms with Gasteiger partial charge in [0, 0.05) is 5.69 Å². The molecule has 2 rings (SSSR count). The van der Waals surface area contributed by atoms with Gasteiger partial charge in [-0.25, -0.2) is 0 Å². The monoisotopic (exact) mass is 283 g/mol.